The van der Waals surface area contributed by atoms with Gasteiger partial charge in [-0.1, -0.05) is 0 Å². The summed E-state index contributed by atoms with van der Waals surface area (Å²) in [5.41, 5.74) is 10.2. The highest BCUT2D eigenvalue weighted by Crippen LogP contribution is 1.87. The second-order valence-electron chi connectivity index (χ2n) is 1.84. The SMILES string of the molecule is NCC(CN)OC(=O)NS(=O)[O-]. The lowest BCUT2D eigenvalue weighted by atomic mass is 10.4. The van der Waals surface area contributed by atoms with E-state index in [0.29, 0.717) is 0 Å². The molecule has 12 heavy (non-hydrogen) atoms. The molecule has 7 nitrogen and oxygen atoms in total. The fourth-order valence-corrected chi connectivity index (χ4v) is 0.620. The van der Waals surface area contributed by atoms with Crippen molar-refractivity contribution in [1.82, 2.24) is 4.72 Å². The maximum absolute atomic E-state index is 10.5. The van der Waals surface area contributed by atoms with Crippen LogP contribution in [0.3, 0.4) is 0 Å². The summed E-state index contributed by atoms with van der Waals surface area (Å²) in [6.45, 7) is 0.102. The molecule has 1 atom stereocenters. The molecule has 0 fully saturated rings. The van der Waals surface area contributed by atoms with Crippen molar-refractivity contribution in [2.75, 3.05) is 13.1 Å². The molecule has 0 rings (SSSR count). The van der Waals surface area contributed by atoms with Crippen LogP contribution in [-0.2, 0) is 16.0 Å². The van der Waals surface area contributed by atoms with Gasteiger partial charge in [-0.25, -0.2) is 4.79 Å². The molecule has 0 aromatic heterocycles. The molecule has 0 saturated heterocycles. The summed E-state index contributed by atoms with van der Waals surface area (Å²) in [5.74, 6) is 0. The fraction of sp³-hybridized carbons (Fsp3) is 0.750. The summed E-state index contributed by atoms with van der Waals surface area (Å²) < 4.78 is 25.7. The molecule has 0 aliphatic heterocycles. The first-order valence-electron chi connectivity index (χ1n) is 3.06. The molecule has 1 amide bonds. The second kappa shape index (κ2) is 5.89. The van der Waals surface area contributed by atoms with Crippen molar-refractivity contribution >= 4 is 17.4 Å². The zero-order valence-electron chi connectivity index (χ0n) is 6.19. The first-order chi connectivity index (χ1) is 5.60. The van der Waals surface area contributed by atoms with E-state index in [9.17, 15) is 13.6 Å². The van der Waals surface area contributed by atoms with E-state index in [1.165, 1.54) is 4.72 Å². The van der Waals surface area contributed by atoms with Gasteiger partial charge in [0.2, 0.25) is 0 Å². The molecule has 0 aromatic carbocycles. The molecule has 0 saturated carbocycles. The first kappa shape index (κ1) is 11.3. The van der Waals surface area contributed by atoms with Crippen LogP contribution >= 0.6 is 0 Å². The number of ether oxygens (including phenoxy) is 1. The van der Waals surface area contributed by atoms with Gasteiger partial charge < -0.3 is 20.8 Å². The van der Waals surface area contributed by atoms with E-state index in [1.54, 1.807) is 0 Å². The third-order valence-electron chi connectivity index (χ3n) is 0.966. The normalized spacial score (nSPS) is 12.7. The lowest BCUT2D eigenvalue weighted by molar-refractivity contribution is 0.111. The Morgan fingerprint density at radius 2 is 2.08 bits per heavy atom. The van der Waals surface area contributed by atoms with Crippen molar-refractivity contribution in [3.63, 3.8) is 0 Å². The number of rotatable bonds is 4. The molecular weight excluding hydrogens is 186 g/mol. The van der Waals surface area contributed by atoms with Gasteiger partial charge in [0.1, 0.15) is 6.10 Å². The topological polar surface area (TPSA) is 130 Å². The maximum Gasteiger partial charge on any atom is 0.418 e. The van der Waals surface area contributed by atoms with E-state index < -0.39 is 23.5 Å². The molecule has 8 heteroatoms. The maximum atomic E-state index is 10.5. The fourth-order valence-electron chi connectivity index (χ4n) is 0.436. The molecule has 0 aromatic rings. The number of carbonyl (C=O) groups excluding carboxylic acids is 1. The highest BCUT2D eigenvalue weighted by atomic mass is 32.2. The van der Waals surface area contributed by atoms with Gasteiger partial charge in [-0.05, 0) is 0 Å². The van der Waals surface area contributed by atoms with Crippen molar-refractivity contribution in [2.45, 2.75) is 6.10 Å². The Balaban J connectivity index is 3.74. The standard InChI is InChI=1S/C4H11N3O4S/c5-1-3(2-6)11-4(8)7-12(9)10/h3H,1-2,5-6H2,(H,7,8)(H,9,10)/p-1. The average molecular weight is 196 g/mol. The highest BCUT2D eigenvalue weighted by molar-refractivity contribution is 7.77. The van der Waals surface area contributed by atoms with Crippen LogP contribution in [0, 0.1) is 0 Å². The van der Waals surface area contributed by atoms with E-state index >= 15 is 0 Å². The van der Waals surface area contributed by atoms with Crippen molar-refractivity contribution in [3.8, 4) is 0 Å². The first-order valence-corrected chi connectivity index (χ1v) is 4.14. The van der Waals surface area contributed by atoms with Gasteiger partial charge in [-0.15, -0.1) is 0 Å². The molecule has 0 spiro atoms. The summed E-state index contributed by atoms with van der Waals surface area (Å²) >= 11 is -2.67. The van der Waals surface area contributed by atoms with Gasteiger partial charge in [0.15, 0.2) is 0 Å². The summed E-state index contributed by atoms with van der Waals surface area (Å²) in [6.07, 6.45) is -1.74. The van der Waals surface area contributed by atoms with Crippen molar-refractivity contribution in [3.05, 3.63) is 0 Å². The molecule has 0 bridgehead atoms. The van der Waals surface area contributed by atoms with Crippen LogP contribution in [0.2, 0.25) is 0 Å². The predicted octanol–water partition coefficient (Wildman–Crippen LogP) is -2.21. The number of nitrogens with one attached hydrogen (secondary N) is 1. The van der Waals surface area contributed by atoms with Crippen molar-refractivity contribution < 1.29 is 18.3 Å². The Morgan fingerprint density at radius 3 is 2.42 bits per heavy atom. The number of carbonyl (C=O) groups is 1. The van der Waals surface area contributed by atoms with Crippen LogP contribution < -0.4 is 16.2 Å². The zero-order valence-corrected chi connectivity index (χ0v) is 7.00. The minimum absolute atomic E-state index is 0.0510. The van der Waals surface area contributed by atoms with E-state index in [0.717, 1.165) is 0 Å². The summed E-state index contributed by atoms with van der Waals surface area (Å²) in [7, 11) is 0. The van der Waals surface area contributed by atoms with Crippen molar-refractivity contribution in [2.24, 2.45) is 11.5 Å². The minimum Gasteiger partial charge on any atom is -0.755 e. The summed E-state index contributed by atoms with van der Waals surface area (Å²) in [6, 6.07) is 0. The van der Waals surface area contributed by atoms with Gasteiger partial charge in [0.25, 0.3) is 0 Å². The van der Waals surface area contributed by atoms with Crippen LogP contribution in [0.15, 0.2) is 0 Å². The number of hydrogen-bond acceptors (Lipinski definition) is 6. The van der Waals surface area contributed by atoms with Crippen LogP contribution in [0.25, 0.3) is 0 Å². The van der Waals surface area contributed by atoms with Gasteiger partial charge >= 0.3 is 6.09 Å². The molecular formula is C4H10N3O4S-. The van der Waals surface area contributed by atoms with Gasteiger partial charge in [-0.2, -0.15) is 0 Å². The van der Waals surface area contributed by atoms with Crippen LogP contribution in [0.1, 0.15) is 0 Å². The second-order valence-corrected chi connectivity index (χ2v) is 2.51. The summed E-state index contributed by atoms with van der Waals surface area (Å²) in [4.78, 5) is 10.5. The smallest absolute Gasteiger partial charge is 0.418 e. The third kappa shape index (κ3) is 5.02. The van der Waals surface area contributed by atoms with Gasteiger partial charge in [0, 0.05) is 24.4 Å². The van der Waals surface area contributed by atoms with Crippen LogP contribution in [0.5, 0.6) is 0 Å². The van der Waals surface area contributed by atoms with E-state index in [1.807, 2.05) is 0 Å². The zero-order chi connectivity index (χ0) is 9.56. The Hall–Kier alpha value is -0.700. The number of amides is 1. The lowest BCUT2D eigenvalue weighted by Crippen LogP contribution is -2.38. The number of nitrogens with two attached hydrogens (primary N) is 2. The van der Waals surface area contributed by atoms with E-state index in [2.05, 4.69) is 4.74 Å². The molecule has 0 aliphatic carbocycles. The van der Waals surface area contributed by atoms with Crippen molar-refractivity contribution in [1.29, 1.82) is 0 Å². The van der Waals surface area contributed by atoms with Gasteiger partial charge in [0.05, 0.1) is 0 Å². The number of hydrogen-bond donors (Lipinski definition) is 3. The average Bonchev–Trinajstić information content (AvgIpc) is 1.98. The molecule has 1 unspecified atom stereocenters. The Morgan fingerprint density at radius 1 is 1.58 bits per heavy atom. The minimum atomic E-state index is -2.67. The van der Waals surface area contributed by atoms with Crippen LogP contribution in [-0.4, -0.2) is 34.0 Å². The molecule has 5 N–H and O–H groups in total. The summed E-state index contributed by atoms with van der Waals surface area (Å²) in [5, 5.41) is 0. The Labute approximate surface area is 71.9 Å². The Bertz CT molecular complexity index is 172. The van der Waals surface area contributed by atoms with Crippen LogP contribution in [0.4, 0.5) is 4.79 Å². The highest BCUT2D eigenvalue weighted by Gasteiger charge is 2.09. The third-order valence-corrected chi connectivity index (χ3v) is 1.30. The van der Waals surface area contributed by atoms with E-state index in [4.69, 9.17) is 11.5 Å². The molecule has 0 heterocycles. The van der Waals surface area contributed by atoms with Gasteiger partial charge in [-0.3, -0.25) is 8.93 Å². The molecule has 0 aliphatic rings. The predicted molar refractivity (Wildman–Crippen MR) is 40.4 cm³/mol. The monoisotopic (exact) mass is 196 g/mol. The lowest BCUT2D eigenvalue weighted by Gasteiger charge is -2.14. The molecule has 0 radical (unpaired) electrons. The quantitative estimate of drug-likeness (QED) is 0.437. The largest absolute Gasteiger partial charge is 0.755 e. The molecule has 72 valence electrons. The van der Waals surface area contributed by atoms with E-state index in [-0.39, 0.29) is 13.1 Å². The Kier molecular flexibility index (Phi) is 5.54.